The van der Waals surface area contributed by atoms with E-state index in [0.29, 0.717) is 24.5 Å². The number of carbonyl (C=O) groups excluding carboxylic acids is 1. The number of nitrogens with zero attached hydrogens (tertiary/aromatic N) is 5. The van der Waals surface area contributed by atoms with Crippen LogP contribution in [-0.4, -0.2) is 58.4 Å². The van der Waals surface area contributed by atoms with Crippen LogP contribution in [-0.2, 0) is 11.2 Å². The number of hydrogen-bond donors (Lipinski definition) is 1. The van der Waals surface area contributed by atoms with Crippen LogP contribution in [0.15, 0.2) is 46.6 Å². The van der Waals surface area contributed by atoms with Crippen molar-refractivity contribution in [1.82, 2.24) is 14.9 Å². The monoisotopic (exact) mass is 334 g/mol. The van der Waals surface area contributed by atoms with Gasteiger partial charge >= 0.3 is 0 Å². The van der Waals surface area contributed by atoms with Gasteiger partial charge in [-0.05, 0) is 24.3 Å². The topological polar surface area (TPSA) is 96.8 Å². The summed E-state index contributed by atoms with van der Waals surface area (Å²) in [6.07, 6.45) is 7.03. The first-order chi connectivity index (χ1) is 12.2. The Kier molecular flexibility index (Phi) is 3.97. The lowest BCUT2D eigenvalue weighted by Gasteiger charge is -2.16. The Morgan fingerprint density at radius 2 is 1.92 bits per heavy atom. The second-order valence-electron chi connectivity index (χ2n) is 6.18. The average Bonchev–Trinajstić information content (AvgIpc) is 3.08. The molecule has 25 heavy (non-hydrogen) atoms. The molecule has 2 unspecified atom stereocenters. The fourth-order valence-electron chi connectivity index (χ4n) is 3.15. The predicted molar refractivity (Wildman–Crippen MR) is 96.7 cm³/mol. The van der Waals surface area contributed by atoms with Crippen LogP contribution in [0.2, 0.25) is 0 Å². The van der Waals surface area contributed by atoms with E-state index in [4.69, 9.17) is 5.73 Å². The first-order valence-electron chi connectivity index (χ1n) is 8.19. The molecule has 1 fully saturated rings. The van der Waals surface area contributed by atoms with Gasteiger partial charge in [-0.25, -0.2) is 0 Å². The number of likely N-dealkylation sites (tertiary alicyclic amines) is 1. The number of pyridine rings is 2. The standard InChI is InChI=1S/C18H18N6O/c19-13-3-4-14(12-2-1-5-20-9-12)23-15(13)8-18(25)24-10-16-17(11-24)22-7-6-21-16/h1-7,9,16-17H,8,10-11,19H2. The zero-order valence-electron chi connectivity index (χ0n) is 13.6. The highest BCUT2D eigenvalue weighted by molar-refractivity contribution is 6.16. The molecule has 2 aromatic heterocycles. The normalized spacial score (nSPS) is 21.4. The lowest BCUT2D eigenvalue weighted by atomic mass is 10.1. The van der Waals surface area contributed by atoms with Gasteiger partial charge in [-0.15, -0.1) is 0 Å². The summed E-state index contributed by atoms with van der Waals surface area (Å²) >= 11 is 0. The zero-order valence-corrected chi connectivity index (χ0v) is 13.6. The van der Waals surface area contributed by atoms with E-state index < -0.39 is 0 Å². The molecule has 126 valence electrons. The van der Waals surface area contributed by atoms with E-state index >= 15 is 0 Å². The second kappa shape index (κ2) is 6.43. The molecule has 2 atom stereocenters. The van der Waals surface area contributed by atoms with Crippen LogP contribution in [0.25, 0.3) is 11.3 Å². The number of anilines is 1. The Balaban J connectivity index is 1.51. The minimum absolute atomic E-state index is 0.00216. The predicted octanol–water partition coefficient (Wildman–Crippen LogP) is 1.00. The van der Waals surface area contributed by atoms with Gasteiger partial charge in [0.1, 0.15) is 0 Å². The van der Waals surface area contributed by atoms with Crippen LogP contribution in [0.1, 0.15) is 5.69 Å². The molecule has 1 amide bonds. The molecular weight excluding hydrogens is 316 g/mol. The van der Waals surface area contributed by atoms with Crippen molar-refractivity contribution in [2.75, 3.05) is 18.8 Å². The van der Waals surface area contributed by atoms with Gasteiger partial charge in [-0.2, -0.15) is 0 Å². The Bertz CT molecular complexity index is 828. The highest BCUT2D eigenvalue weighted by Crippen LogP contribution is 2.22. The van der Waals surface area contributed by atoms with E-state index in [2.05, 4.69) is 20.0 Å². The molecule has 0 aliphatic carbocycles. The van der Waals surface area contributed by atoms with Crippen LogP contribution in [0.3, 0.4) is 0 Å². The maximum Gasteiger partial charge on any atom is 0.228 e. The summed E-state index contributed by atoms with van der Waals surface area (Å²) in [5.74, 6) is 0.00216. The number of aromatic nitrogens is 2. The van der Waals surface area contributed by atoms with Gasteiger partial charge in [-0.3, -0.25) is 24.7 Å². The largest absolute Gasteiger partial charge is 0.397 e. The molecule has 0 spiro atoms. The summed E-state index contributed by atoms with van der Waals surface area (Å²) in [6.45, 7) is 1.19. The molecule has 1 saturated heterocycles. The van der Waals surface area contributed by atoms with Crippen molar-refractivity contribution < 1.29 is 4.79 Å². The van der Waals surface area contributed by atoms with E-state index in [-0.39, 0.29) is 24.4 Å². The number of nitrogen functional groups attached to an aromatic ring is 1. The van der Waals surface area contributed by atoms with Gasteiger partial charge in [0.25, 0.3) is 0 Å². The van der Waals surface area contributed by atoms with Crippen LogP contribution < -0.4 is 5.73 Å². The quantitative estimate of drug-likeness (QED) is 0.905. The minimum atomic E-state index is 0.00216. The molecule has 2 aromatic rings. The van der Waals surface area contributed by atoms with E-state index in [1.807, 2.05) is 18.2 Å². The van der Waals surface area contributed by atoms with Crippen LogP contribution in [0.5, 0.6) is 0 Å². The van der Waals surface area contributed by atoms with Gasteiger partial charge < -0.3 is 10.6 Å². The number of nitrogens with two attached hydrogens (primary N) is 1. The van der Waals surface area contributed by atoms with Crippen molar-refractivity contribution in [2.45, 2.75) is 18.5 Å². The summed E-state index contributed by atoms with van der Waals surface area (Å²) in [4.78, 5) is 31.9. The van der Waals surface area contributed by atoms with E-state index in [1.165, 1.54) is 0 Å². The molecule has 4 heterocycles. The summed E-state index contributed by atoms with van der Waals surface area (Å²) in [5.41, 5.74) is 8.80. The Morgan fingerprint density at radius 1 is 1.16 bits per heavy atom. The summed E-state index contributed by atoms with van der Waals surface area (Å²) in [7, 11) is 0. The molecule has 7 heteroatoms. The van der Waals surface area contributed by atoms with Gasteiger partial charge in [0, 0.05) is 43.5 Å². The van der Waals surface area contributed by atoms with E-state index in [9.17, 15) is 4.79 Å². The number of hydrogen-bond acceptors (Lipinski definition) is 6. The first kappa shape index (κ1) is 15.4. The maximum absolute atomic E-state index is 12.7. The third-order valence-corrected chi connectivity index (χ3v) is 4.52. The molecule has 0 saturated carbocycles. The van der Waals surface area contributed by atoms with Crippen molar-refractivity contribution >= 4 is 24.0 Å². The van der Waals surface area contributed by atoms with Crippen molar-refractivity contribution in [3.05, 3.63) is 42.4 Å². The highest BCUT2D eigenvalue weighted by atomic mass is 16.2. The van der Waals surface area contributed by atoms with Crippen LogP contribution in [0.4, 0.5) is 5.69 Å². The van der Waals surface area contributed by atoms with Gasteiger partial charge in [-0.1, -0.05) is 0 Å². The molecular formula is C18H18N6O. The lowest BCUT2D eigenvalue weighted by Crippen LogP contribution is -2.31. The average molecular weight is 334 g/mol. The van der Waals surface area contributed by atoms with Crippen LogP contribution >= 0.6 is 0 Å². The van der Waals surface area contributed by atoms with Crippen molar-refractivity contribution in [3.8, 4) is 11.3 Å². The summed E-state index contributed by atoms with van der Waals surface area (Å²) in [5, 5.41) is 0. The van der Waals surface area contributed by atoms with E-state index in [1.54, 1.807) is 35.8 Å². The third kappa shape index (κ3) is 3.13. The Morgan fingerprint density at radius 3 is 2.60 bits per heavy atom. The van der Waals surface area contributed by atoms with Crippen molar-refractivity contribution in [1.29, 1.82) is 0 Å². The molecule has 0 aromatic carbocycles. The maximum atomic E-state index is 12.7. The van der Waals surface area contributed by atoms with Gasteiger partial charge in [0.2, 0.25) is 5.91 Å². The lowest BCUT2D eigenvalue weighted by molar-refractivity contribution is -0.129. The molecule has 0 bridgehead atoms. The summed E-state index contributed by atoms with van der Waals surface area (Å²) in [6, 6.07) is 7.55. The van der Waals surface area contributed by atoms with Crippen molar-refractivity contribution in [3.63, 3.8) is 0 Å². The third-order valence-electron chi connectivity index (χ3n) is 4.52. The first-order valence-corrected chi connectivity index (χ1v) is 8.19. The molecule has 0 radical (unpaired) electrons. The zero-order chi connectivity index (χ0) is 17.2. The van der Waals surface area contributed by atoms with E-state index in [0.717, 1.165) is 11.3 Å². The fraction of sp³-hybridized carbons (Fsp3) is 0.278. The minimum Gasteiger partial charge on any atom is -0.397 e. The summed E-state index contributed by atoms with van der Waals surface area (Å²) < 4.78 is 0. The van der Waals surface area contributed by atoms with Crippen molar-refractivity contribution in [2.24, 2.45) is 9.98 Å². The molecule has 2 N–H and O–H groups in total. The molecule has 7 nitrogen and oxygen atoms in total. The molecule has 2 aliphatic rings. The number of aliphatic imine (C=N–C) groups is 2. The number of carbonyl (C=O) groups is 1. The fourth-order valence-corrected chi connectivity index (χ4v) is 3.15. The smallest absolute Gasteiger partial charge is 0.228 e. The molecule has 4 rings (SSSR count). The van der Waals surface area contributed by atoms with Gasteiger partial charge in [0.05, 0.1) is 35.6 Å². The number of amides is 1. The Labute approximate surface area is 145 Å². The molecule has 2 aliphatic heterocycles. The Hall–Kier alpha value is -3.09. The van der Waals surface area contributed by atoms with Gasteiger partial charge in [0.15, 0.2) is 0 Å². The number of fused-ring (bicyclic) bond motifs is 1. The van der Waals surface area contributed by atoms with Crippen LogP contribution in [0, 0.1) is 0 Å². The highest BCUT2D eigenvalue weighted by Gasteiger charge is 2.35. The SMILES string of the molecule is Nc1ccc(-c2cccnc2)nc1CC(=O)N1CC2N=CC=NC2C1. The number of rotatable bonds is 3. The second-order valence-corrected chi connectivity index (χ2v) is 6.18.